The van der Waals surface area contributed by atoms with Crippen molar-refractivity contribution in [2.45, 2.75) is 51.3 Å². The number of aliphatic hydroxyl groups is 1. The van der Waals surface area contributed by atoms with Crippen molar-refractivity contribution in [3.05, 3.63) is 53.3 Å². The van der Waals surface area contributed by atoms with Gasteiger partial charge in [-0.2, -0.15) is 5.10 Å². The quantitative estimate of drug-likeness (QED) is 0.783. The van der Waals surface area contributed by atoms with E-state index >= 15 is 0 Å². The van der Waals surface area contributed by atoms with Crippen LogP contribution in [0.4, 0.5) is 0 Å². The number of β-amino-alcohol motifs (C(OH)–C–C–N with tert-alkyl or cyclic N) is 1. The van der Waals surface area contributed by atoms with E-state index in [1.165, 1.54) is 0 Å². The van der Waals surface area contributed by atoms with Crippen LogP contribution >= 0.6 is 0 Å². The van der Waals surface area contributed by atoms with Gasteiger partial charge in [0.2, 0.25) is 0 Å². The minimum Gasteiger partial charge on any atom is -0.390 e. The lowest BCUT2D eigenvalue weighted by molar-refractivity contribution is 0.0345. The predicted octanol–water partition coefficient (Wildman–Crippen LogP) is 2.07. The zero-order chi connectivity index (χ0) is 18.7. The Labute approximate surface area is 154 Å². The lowest BCUT2D eigenvalue weighted by Gasteiger charge is -2.36. The number of likely N-dealkylation sites (tertiary alicyclic amines) is 1. The maximum atomic E-state index is 12.3. The summed E-state index contributed by atoms with van der Waals surface area (Å²) in [5.74, 6) is -0.133. The number of benzene rings is 1. The van der Waals surface area contributed by atoms with Crippen molar-refractivity contribution in [2.24, 2.45) is 0 Å². The van der Waals surface area contributed by atoms with Gasteiger partial charge >= 0.3 is 0 Å². The number of rotatable bonds is 4. The summed E-state index contributed by atoms with van der Waals surface area (Å²) in [5, 5.41) is 20.9. The third-order valence-electron chi connectivity index (χ3n) is 4.81. The van der Waals surface area contributed by atoms with Crippen LogP contribution in [0, 0.1) is 0 Å². The third-order valence-corrected chi connectivity index (χ3v) is 4.81. The molecule has 6 heteroatoms. The van der Waals surface area contributed by atoms with Crippen LogP contribution in [-0.4, -0.2) is 51.3 Å². The van der Waals surface area contributed by atoms with Gasteiger partial charge in [0.25, 0.3) is 5.91 Å². The highest BCUT2D eigenvalue weighted by molar-refractivity contribution is 5.94. The Kier molecular flexibility index (Phi) is 5.44. The normalized spacial score (nSPS) is 21.5. The van der Waals surface area contributed by atoms with E-state index in [-0.39, 0.29) is 17.4 Å². The van der Waals surface area contributed by atoms with Gasteiger partial charge in [0, 0.05) is 36.3 Å². The molecule has 6 nitrogen and oxygen atoms in total. The molecule has 1 aliphatic rings. The summed E-state index contributed by atoms with van der Waals surface area (Å²) in [6.45, 7) is 8.48. The molecule has 3 rings (SSSR count). The number of hydrogen-bond donors (Lipinski definition) is 3. The topological polar surface area (TPSA) is 81.3 Å². The predicted molar refractivity (Wildman–Crippen MR) is 101 cm³/mol. The average Bonchev–Trinajstić information content (AvgIpc) is 3.07. The van der Waals surface area contributed by atoms with Crippen LogP contribution in [0.1, 0.15) is 48.9 Å². The maximum Gasteiger partial charge on any atom is 0.251 e. The second-order valence-corrected chi connectivity index (χ2v) is 8.07. The molecule has 0 spiro atoms. The standard InChI is InChI=1S/C20H28N4O2/c1-20(2,3)18-11-15(22-23-18)12-24-10-9-16(17(25)13-24)21-19(26)14-7-5-4-6-8-14/h4-8,11,16-17,25H,9-10,12-13H2,1-3H3,(H,21,26)(H,22,23)/t16-,17-/m1/s1. The first-order valence-electron chi connectivity index (χ1n) is 9.14. The number of piperidine rings is 1. The first kappa shape index (κ1) is 18.6. The first-order valence-corrected chi connectivity index (χ1v) is 9.14. The molecule has 2 heterocycles. The molecule has 26 heavy (non-hydrogen) atoms. The van der Waals surface area contributed by atoms with Gasteiger partial charge < -0.3 is 10.4 Å². The summed E-state index contributed by atoms with van der Waals surface area (Å²) < 4.78 is 0. The molecule has 2 aromatic rings. The van der Waals surface area contributed by atoms with E-state index in [0.29, 0.717) is 12.1 Å². The fourth-order valence-corrected chi connectivity index (χ4v) is 3.22. The van der Waals surface area contributed by atoms with E-state index in [0.717, 1.165) is 30.9 Å². The molecular weight excluding hydrogens is 328 g/mol. The van der Waals surface area contributed by atoms with Gasteiger partial charge in [0.1, 0.15) is 0 Å². The summed E-state index contributed by atoms with van der Waals surface area (Å²) in [6, 6.07) is 11.0. The molecule has 1 aromatic heterocycles. The minimum atomic E-state index is -0.582. The number of nitrogens with zero attached hydrogens (tertiary/aromatic N) is 2. The van der Waals surface area contributed by atoms with Crippen molar-refractivity contribution < 1.29 is 9.90 Å². The smallest absolute Gasteiger partial charge is 0.251 e. The number of nitrogens with one attached hydrogen (secondary N) is 2. The van der Waals surface area contributed by atoms with Gasteiger partial charge in [-0.1, -0.05) is 39.0 Å². The van der Waals surface area contributed by atoms with Crippen molar-refractivity contribution in [1.82, 2.24) is 20.4 Å². The number of aromatic amines is 1. The van der Waals surface area contributed by atoms with Gasteiger partial charge in [-0.15, -0.1) is 0 Å². The fourth-order valence-electron chi connectivity index (χ4n) is 3.22. The van der Waals surface area contributed by atoms with Gasteiger partial charge in [0.05, 0.1) is 17.8 Å². The van der Waals surface area contributed by atoms with E-state index in [1.54, 1.807) is 12.1 Å². The fraction of sp³-hybridized carbons (Fsp3) is 0.500. The maximum absolute atomic E-state index is 12.3. The van der Waals surface area contributed by atoms with Gasteiger partial charge in [-0.05, 0) is 24.6 Å². The van der Waals surface area contributed by atoms with Gasteiger partial charge in [0.15, 0.2) is 0 Å². The van der Waals surface area contributed by atoms with Gasteiger partial charge in [-0.25, -0.2) is 0 Å². The largest absolute Gasteiger partial charge is 0.390 e. The minimum absolute atomic E-state index is 0.0168. The number of aliphatic hydroxyl groups excluding tert-OH is 1. The van der Waals surface area contributed by atoms with Crippen LogP contribution in [0.15, 0.2) is 36.4 Å². The average molecular weight is 356 g/mol. The lowest BCUT2D eigenvalue weighted by Crippen LogP contribution is -2.53. The van der Waals surface area contributed by atoms with E-state index < -0.39 is 6.10 Å². The molecular formula is C20H28N4O2. The number of carbonyl (C=O) groups excluding carboxylic acids is 1. The Morgan fingerprint density at radius 1 is 1.35 bits per heavy atom. The summed E-state index contributed by atoms with van der Waals surface area (Å²) in [7, 11) is 0. The highest BCUT2D eigenvalue weighted by Crippen LogP contribution is 2.21. The molecule has 1 aliphatic heterocycles. The highest BCUT2D eigenvalue weighted by atomic mass is 16.3. The number of hydrogen-bond acceptors (Lipinski definition) is 4. The van der Waals surface area contributed by atoms with Crippen molar-refractivity contribution in [3.63, 3.8) is 0 Å². The van der Waals surface area contributed by atoms with Crippen molar-refractivity contribution in [1.29, 1.82) is 0 Å². The molecule has 1 aromatic carbocycles. The second-order valence-electron chi connectivity index (χ2n) is 8.07. The zero-order valence-corrected chi connectivity index (χ0v) is 15.7. The number of amides is 1. The van der Waals surface area contributed by atoms with E-state index in [2.05, 4.69) is 47.3 Å². The second kappa shape index (κ2) is 7.60. The Balaban J connectivity index is 1.53. The van der Waals surface area contributed by atoms with E-state index in [1.807, 2.05) is 18.2 Å². The van der Waals surface area contributed by atoms with Gasteiger partial charge in [-0.3, -0.25) is 14.8 Å². The first-order chi connectivity index (χ1) is 12.3. The zero-order valence-electron chi connectivity index (χ0n) is 15.7. The van der Waals surface area contributed by atoms with Crippen LogP contribution < -0.4 is 5.32 Å². The third kappa shape index (κ3) is 4.51. The van der Waals surface area contributed by atoms with Crippen LogP contribution in [0.5, 0.6) is 0 Å². The van der Waals surface area contributed by atoms with E-state index in [4.69, 9.17) is 0 Å². The van der Waals surface area contributed by atoms with Crippen molar-refractivity contribution >= 4 is 5.91 Å². The summed E-state index contributed by atoms with van der Waals surface area (Å²) >= 11 is 0. The monoisotopic (exact) mass is 356 g/mol. The van der Waals surface area contributed by atoms with Crippen molar-refractivity contribution in [3.8, 4) is 0 Å². The molecule has 0 radical (unpaired) electrons. The molecule has 0 bridgehead atoms. The number of carbonyl (C=O) groups is 1. The summed E-state index contributed by atoms with van der Waals surface area (Å²) in [6.07, 6.45) is 0.140. The molecule has 0 unspecified atom stereocenters. The number of H-pyrrole nitrogens is 1. The summed E-state index contributed by atoms with van der Waals surface area (Å²) in [4.78, 5) is 14.5. The lowest BCUT2D eigenvalue weighted by atomic mass is 9.92. The molecule has 2 atom stereocenters. The molecule has 0 saturated carbocycles. The summed E-state index contributed by atoms with van der Waals surface area (Å²) in [5.41, 5.74) is 2.73. The SMILES string of the molecule is CC(C)(C)c1cc(CN2CC[C@@H](NC(=O)c3ccccc3)[C@H](O)C2)[nH]n1. The Hall–Kier alpha value is -2.18. The molecule has 1 amide bonds. The van der Waals surface area contributed by atoms with Crippen LogP contribution in [0.25, 0.3) is 0 Å². The Morgan fingerprint density at radius 3 is 2.69 bits per heavy atom. The molecule has 0 aliphatic carbocycles. The number of aromatic nitrogens is 2. The molecule has 140 valence electrons. The van der Waals surface area contributed by atoms with Crippen molar-refractivity contribution in [2.75, 3.05) is 13.1 Å². The Morgan fingerprint density at radius 2 is 2.08 bits per heavy atom. The molecule has 1 fully saturated rings. The highest BCUT2D eigenvalue weighted by Gasteiger charge is 2.29. The van der Waals surface area contributed by atoms with Crippen LogP contribution in [-0.2, 0) is 12.0 Å². The molecule has 3 N–H and O–H groups in total. The van der Waals surface area contributed by atoms with Crippen LogP contribution in [0.3, 0.4) is 0 Å². The molecule has 1 saturated heterocycles. The van der Waals surface area contributed by atoms with Crippen LogP contribution in [0.2, 0.25) is 0 Å². The van der Waals surface area contributed by atoms with E-state index in [9.17, 15) is 9.90 Å². The Bertz CT molecular complexity index is 736.